The number of hydrogen-bond donors (Lipinski definition) is 0. The van der Waals surface area contributed by atoms with Gasteiger partial charge in [-0.05, 0) is 18.9 Å². The van der Waals surface area contributed by atoms with E-state index in [2.05, 4.69) is 5.10 Å². The summed E-state index contributed by atoms with van der Waals surface area (Å²) in [6.07, 6.45) is -2.10. The fraction of sp³-hybridized carbons (Fsp3) is 0.412. The van der Waals surface area contributed by atoms with Gasteiger partial charge in [-0.3, -0.25) is 9.48 Å². The normalized spacial score (nSPS) is 18.6. The molecule has 0 radical (unpaired) electrons. The molecule has 1 amide bonds. The minimum atomic E-state index is -4.24. The Hall–Kier alpha value is -2.31. The first kappa shape index (κ1) is 16.5. The Labute approximate surface area is 137 Å². The molecular formula is C17H18F3N3O. The summed E-state index contributed by atoms with van der Waals surface area (Å²) in [4.78, 5) is 13.6. The number of amides is 1. The van der Waals surface area contributed by atoms with E-state index in [9.17, 15) is 18.0 Å². The predicted octanol–water partition coefficient (Wildman–Crippen LogP) is 3.35. The van der Waals surface area contributed by atoms with Crippen LogP contribution >= 0.6 is 0 Å². The van der Waals surface area contributed by atoms with Gasteiger partial charge in [0.1, 0.15) is 6.54 Å². The molecule has 7 heteroatoms. The van der Waals surface area contributed by atoms with E-state index in [0.29, 0.717) is 13.0 Å². The number of nitrogens with zero attached hydrogens (tertiary/aromatic N) is 3. The summed E-state index contributed by atoms with van der Waals surface area (Å²) in [5.74, 6) is -1.75. The molecule has 1 aliphatic heterocycles. The zero-order valence-corrected chi connectivity index (χ0v) is 13.0. The van der Waals surface area contributed by atoms with Crippen molar-refractivity contribution in [1.82, 2.24) is 14.7 Å². The summed E-state index contributed by atoms with van der Waals surface area (Å²) in [6.45, 7) is 0.0742. The van der Waals surface area contributed by atoms with Crippen molar-refractivity contribution in [3.05, 3.63) is 42.6 Å². The Morgan fingerprint density at radius 3 is 2.67 bits per heavy atom. The Bertz CT molecular complexity index is 697. The molecule has 0 N–H and O–H groups in total. The first-order valence-corrected chi connectivity index (χ1v) is 7.87. The molecule has 1 fully saturated rings. The van der Waals surface area contributed by atoms with Crippen LogP contribution in [0.4, 0.5) is 13.2 Å². The number of carbonyl (C=O) groups is 1. The van der Waals surface area contributed by atoms with Crippen LogP contribution in [0.15, 0.2) is 42.6 Å². The fourth-order valence-electron chi connectivity index (χ4n) is 2.92. The molecule has 1 atom stereocenters. The SMILES string of the molecule is O=C(Cn1ccc(-c2ccccc2)n1)N1CCC[C@H](C(F)(F)F)C1. The summed E-state index contributed by atoms with van der Waals surface area (Å²) < 4.78 is 40.0. The highest BCUT2D eigenvalue weighted by molar-refractivity contribution is 5.76. The van der Waals surface area contributed by atoms with E-state index in [-0.39, 0.29) is 25.4 Å². The second kappa shape index (κ2) is 6.67. The number of hydrogen-bond acceptors (Lipinski definition) is 2. The molecule has 2 aromatic rings. The third-order valence-electron chi connectivity index (χ3n) is 4.24. The zero-order valence-electron chi connectivity index (χ0n) is 13.0. The minimum Gasteiger partial charge on any atom is -0.340 e. The first-order valence-electron chi connectivity index (χ1n) is 7.87. The maximum absolute atomic E-state index is 12.8. The van der Waals surface area contributed by atoms with Crippen LogP contribution in [0.5, 0.6) is 0 Å². The Balaban J connectivity index is 1.64. The number of alkyl halides is 3. The molecule has 0 aliphatic carbocycles. The number of piperidine rings is 1. The number of carbonyl (C=O) groups excluding carboxylic acids is 1. The van der Waals surface area contributed by atoms with Crippen molar-refractivity contribution in [3.63, 3.8) is 0 Å². The van der Waals surface area contributed by atoms with E-state index in [0.717, 1.165) is 11.3 Å². The highest BCUT2D eigenvalue weighted by Crippen LogP contribution is 2.33. The molecule has 24 heavy (non-hydrogen) atoms. The van der Waals surface area contributed by atoms with E-state index in [1.807, 2.05) is 30.3 Å². The second-order valence-corrected chi connectivity index (χ2v) is 5.99. The molecule has 1 aromatic heterocycles. The molecular weight excluding hydrogens is 319 g/mol. The molecule has 0 spiro atoms. The van der Waals surface area contributed by atoms with Crippen LogP contribution in [-0.4, -0.2) is 39.9 Å². The lowest BCUT2D eigenvalue weighted by atomic mass is 9.97. The van der Waals surface area contributed by atoms with Crippen LogP contribution in [-0.2, 0) is 11.3 Å². The number of aromatic nitrogens is 2. The number of halogens is 3. The van der Waals surface area contributed by atoms with Gasteiger partial charge in [-0.25, -0.2) is 0 Å². The van der Waals surface area contributed by atoms with E-state index in [4.69, 9.17) is 0 Å². The molecule has 1 aromatic carbocycles. The third-order valence-corrected chi connectivity index (χ3v) is 4.24. The van der Waals surface area contributed by atoms with Gasteiger partial charge in [0.2, 0.25) is 5.91 Å². The lowest BCUT2D eigenvalue weighted by molar-refractivity contribution is -0.188. The topological polar surface area (TPSA) is 38.1 Å². The average Bonchev–Trinajstić information content (AvgIpc) is 3.03. The van der Waals surface area contributed by atoms with Crippen LogP contribution in [0.25, 0.3) is 11.3 Å². The van der Waals surface area contributed by atoms with Crippen LogP contribution in [0, 0.1) is 5.92 Å². The molecule has 1 saturated heterocycles. The predicted molar refractivity (Wildman–Crippen MR) is 83.0 cm³/mol. The maximum atomic E-state index is 12.8. The standard InChI is InChI=1S/C17H18F3N3O/c18-17(19,20)14-7-4-9-22(11-14)16(24)12-23-10-8-15(21-23)13-5-2-1-3-6-13/h1-3,5-6,8,10,14H,4,7,9,11-12H2/t14-/m0/s1. The van der Waals surface area contributed by atoms with E-state index in [1.54, 1.807) is 12.3 Å². The monoisotopic (exact) mass is 337 g/mol. The summed E-state index contributed by atoms with van der Waals surface area (Å²) in [5.41, 5.74) is 1.66. The van der Waals surface area contributed by atoms with Gasteiger partial charge in [0, 0.05) is 24.8 Å². The summed E-state index contributed by atoms with van der Waals surface area (Å²) in [5, 5.41) is 4.33. The number of likely N-dealkylation sites (tertiary alicyclic amines) is 1. The van der Waals surface area contributed by atoms with E-state index < -0.39 is 12.1 Å². The van der Waals surface area contributed by atoms with Crippen LogP contribution in [0.1, 0.15) is 12.8 Å². The average molecular weight is 337 g/mol. The fourth-order valence-corrected chi connectivity index (χ4v) is 2.92. The van der Waals surface area contributed by atoms with Crippen molar-refractivity contribution in [2.45, 2.75) is 25.6 Å². The molecule has 2 heterocycles. The second-order valence-electron chi connectivity index (χ2n) is 5.99. The van der Waals surface area contributed by atoms with Gasteiger partial charge < -0.3 is 4.90 Å². The first-order chi connectivity index (χ1) is 11.4. The van der Waals surface area contributed by atoms with Gasteiger partial charge in [0.25, 0.3) is 0 Å². The van der Waals surface area contributed by atoms with Gasteiger partial charge in [0.15, 0.2) is 0 Å². The Morgan fingerprint density at radius 2 is 1.96 bits per heavy atom. The largest absolute Gasteiger partial charge is 0.393 e. The van der Waals surface area contributed by atoms with Gasteiger partial charge in [-0.2, -0.15) is 18.3 Å². The summed E-state index contributed by atoms with van der Waals surface area (Å²) in [7, 11) is 0. The minimum absolute atomic E-state index is 0.0442. The van der Waals surface area contributed by atoms with Crippen molar-refractivity contribution in [2.75, 3.05) is 13.1 Å². The quantitative estimate of drug-likeness (QED) is 0.861. The van der Waals surface area contributed by atoms with Gasteiger partial charge in [-0.15, -0.1) is 0 Å². The van der Waals surface area contributed by atoms with E-state index in [1.165, 1.54) is 9.58 Å². The Kier molecular flexibility index (Phi) is 4.59. The van der Waals surface area contributed by atoms with Crippen molar-refractivity contribution in [3.8, 4) is 11.3 Å². The molecule has 4 nitrogen and oxygen atoms in total. The smallest absolute Gasteiger partial charge is 0.340 e. The molecule has 1 aliphatic rings. The third kappa shape index (κ3) is 3.77. The number of rotatable bonds is 3. The van der Waals surface area contributed by atoms with Crippen LogP contribution in [0.3, 0.4) is 0 Å². The van der Waals surface area contributed by atoms with Gasteiger partial charge in [0.05, 0.1) is 11.6 Å². The molecule has 3 rings (SSSR count). The molecule has 0 unspecified atom stereocenters. The highest BCUT2D eigenvalue weighted by Gasteiger charge is 2.42. The Morgan fingerprint density at radius 1 is 1.21 bits per heavy atom. The van der Waals surface area contributed by atoms with E-state index >= 15 is 0 Å². The van der Waals surface area contributed by atoms with Gasteiger partial charge >= 0.3 is 6.18 Å². The van der Waals surface area contributed by atoms with Crippen molar-refractivity contribution in [2.24, 2.45) is 5.92 Å². The highest BCUT2D eigenvalue weighted by atomic mass is 19.4. The maximum Gasteiger partial charge on any atom is 0.393 e. The van der Waals surface area contributed by atoms with Crippen molar-refractivity contribution in [1.29, 1.82) is 0 Å². The van der Waals surface area contributed by atoms with Crippen LogP contribution in [0.2, 0.25) is 0 Å². The lowest BCUT2D eigenvalue weighted by Gasteiger charge is -2.33. The molecule has 0 saturated carbocycles. The number of benzene rings is 1. The van der Waals surface area contributed by atoms with Gasteiger partial charge in [-0.1, -0.05) is 30.3 Å². The van der Waals surface area contributed by atoms with Crippen molar-refractivity contribution < 1.29 is 18.0 Å². The summed E-state index contributed by atoms with van der Waals surface area (Å²) >= 11 is 0. The summed E-state index contributed by atoms with van der Waals surface area (Å²) in [6, 6.07) is 11.3. The molecule has 128 valence electrons. The van der Waals surface area contributed by atoms with Crippen molar-refractivity contribution >= 4 is 5.91 Å². The zero-order chi connectivity index (χ0) is 17.2. The molecule has 0 bridgehead atoms. The lowest BCUT2D eigenvalue weighted by Crippen LogP contribution is -2.45. The van der Waals surface area contributed by atoms with Crippen LogP contribution < -0.4 is 0 Å².